The molecule has 5 nitrogen and oxygen atoms in total. The number of rotatable bonds is 3. The molecule has 0 unspecified atom stereocenters. The Labute approximate surface area is 160 Å². The van der Waals surface area contributed by atoms with Gasteiger partial charge in [-0.05, 0) is 31.5 Å². The van der Waals surface area contributed by atoms with E-state index in [1.54, 1.807) is 0 Å². The van der Waals surface area contributed by atoms with Gasteiger partial charge < -0.3 is 5.73 Å². The number of hydrogen-bond acceptors (Lipinski definition) is 4. The summed E-state index contributed by atoms with van der Waals surface area (Å²) in [7, 11) is 0. The van der Waals surface area contributed by atoms with E-state index in [1.165, 1.54) is 5.56 Å². The first-order valence-electron chi connectivity index (χ1n) is 8.15. The SMILES string of the molecule is Cl.Cl.NC1CCN(Cc2cnc3c(-c4ccccc4)cnn3c2)CC1. The molecule has 0 radical (unpaired) electrons. The lowest BCUT2D eigenvalue weighted by molar-refractivity contribution is 0.205. The Morgan fingerprint density at radius 1 is 1.04 bits per heavy atom. The molecule has 1 aliphatic heterocycles. The highest BCUT2D eigenvalue weighted by Crippen LogP contribution is 2.23. The highest BCUT2D eigenvalue weighted by molar-refractivity contribution is 5.85. The quantitative estimate of drug-likeness (QED) is 0.758. The highest BCUT2D eigenvalue weighted by atomic mass is 35.5. The van der Waals surface area contributed by atoms with Crippen LogP contribution in [0.4, 0.5) is 0 Å². The smallest absolute Gasteiger partial charge is 0.162 e. The van der Waals surface area contributed by atoms with Gasteiger partial charge in [-0.2, -0.15) is 5.10 Å². The molecule has 4 rings (SSSR count). The molecule has 7 heteroatoms. The van der Waals surface area contributed by atoms with Crippen molar-refractivity contribution in [2.75, 3.05) is 13.1 Å². The molecule has 1 aliphatic rings. The van der Waals surface area contributed by atoms with Crippen LogP contribution in [0.15, 0.2) is 48.9 Å². The Kier molecular flexibility index (Phi) is 6.79. The first kappa shape index (κ1) is 19.7. The molecule has 0 spiro atoms. The summed E-state index contributed by atoms with van der Waals surface area (Å²) in [5.41, 5.74) is 10.3. The Morgan fingerprint density at radius 2 is 1.76 bits per heavy atom. The van der Waals surface area contributed by atoms with Gasteiger partial charge in [-0.1, -0.05) is 30.3 Å². The maximum absolute atomic E-state index is 5.97. The largest absolute Gasteiger partial charge is 0.328 e. The molecule has 1 fully saturated rings. The van der Waals surface area contributed by atoms with Gasteiger partial charge in [0.15, 0.2) is 5.65 Å². The van der Waals surface area contributed by atoms with Gasteiger partial charge in [-0.3, -0.25) is 4.90 Å². The van der Waals surface area contributed by atoms with Crippen LogP contribution in [0.2, 0.25) is 0 Å². The average molecular weight is 380 g/mol. The lowest BCUT2D eigenvalue weighted by Crippen LogP contribution is -2.39. The van der Waals surface area contributed by atoms with E-state index < -0.39 is 0 Å². The van der Waals surface area contributed by atoms with E-state index in [-0.39, 0.29) is 24.8 Å². The summed E-state index contributed by atoms with van der Waals surface area (Å²) in [4.78, 5) is 7.09. The van der Waals surface area contributed by atoms with Gasteiger partial charge in [0.1, 0.15) is 0 Å². The number of hydrogen-bond donors (Lipinski definition) is 1. The predicted octanol–water partition coefficient (Wildman–Crippen LogP) is 3.16. The standard InChI is InChI=1S/C18H21N5.2ClH/c19-16-6-8-22(9-7-16)12-14-10-20-18-17(11-21-23(18)13-14)15-4-2-1-3-5-15;;/h1-5,10-11,13,16H,6-9,12,19H2;2*1H. The van der Waals surface area contributed by atoms with E-state index in [9.17, 15) is 0 Å². The summed E-state index contributed by atoms with van der Waals surface area (Å²) >= 11 is 0. The van der Waals surface area contributed by atoms with E-state index in [0.29, 0.717) is 6.04 Å². The van der Waals surface area contributed by atoms with Crippen molar-refractivity contribution in [2.45, 2.75) is 25.4 Å². The summed E-state index contributed by atoms with van der Waals surface area (Å²) in [5.74, 6) is 0. The summed E-state index contributed by atoms with van der Waals surface area (Å²) < 4.78 is 1.88. The molecule has 3 aromatic rings. The van der Waals surface area contributed by atoms with E-state index in [1.807, 2.05) is 35.1 Å². The molecule has 2 N–H and O–H groups in total. The lowest BCUT2D eigenvalue weighted by Gasteiger charge is -2.29. The Morgan fingerprint density at radius 3 is 2.48 bits per heavy atom. The van der Waals surface area contributed by atoms with Crippen LogP contribution in [0.5, 0.6) is 0 Å². The molecule has 25 heavy (non-hydrogen) atoms. The van der Waals surface area contributed by atoms with Gasteiger partial charge in [0.25, 0.3) is 0 Å². The van der Waals surface area contributed by atoms with Gasteiger partial charge in [0.2, 0.25) is 0 Å². The number of aromatic nitrogens is 3. The van der Waals surface area contributed by atoms with E-state index in [4.69, 9.17) is 5.73 Å². The number of nitrogens with two attached hydrogens (primary N) is 1. The van der Waals surface area contributed by atoms with Gasteiger partial charge in [0, 0.05) is 36.1 Å². The van der Waals surface area contributed by atoms with Crippen LogP contribution < -0.4 is 5.73 Å². The number of fused-ring (bicyclic) bond motifs is 1. The minimum absolute atomic E-state index is 0. The third-order valence-electron chi connectivity index (χ3n) is 4.53. The molecule has 0 atom stereocenters. The monoisotopic (exact) mass is 379 g/mol. The molecule has 1 aromatic carbocycles. The van der Waals surface area contributed by atoms with Gasteiger partial charge in [0.05, 0.1) is 6.20 Å². The zero-order chi connectivity index (χ0) is 15.6. The van der Waals surface area contributed by atoms with Crippen LogP contribution in [0.25, 0.3) is 16.8 Å². The van der Waals surface area contributed by atoms with Crippen molar-refractivity contribution in [3.63, 3.8) is 0 Å². The Bertz CT molecular complexity index is 798. The van der Waals surface area contributed by atoms with Gasteiger partial charge >= 0.3 is 0 Å². The van der Waals surface area contributed by atoms with Crippen LogP contribution in [-0.2, 0) is 6.54 Å². The predicted molar refractivity (Wildman–Crippen MR) is 105 cm³/mol. The Hall–Kier alpha value is -1.66. The molecule has 134 valence electrons. The van der Waals surface area contributed by atoms with Crippen molar-refractivity contribution < 1.29 is 0 Å². The first-order chi connectivity index (χ1) is 11.3. The van der Waals surface area contributed by atoms with Crippen LogP contribution >= 0.6 is 24.8 Å². The maximum Gasteiger partial charge on any atom is 0.162 e. The first-order valence-corrected chi connectivity index (χ1v) is 8.15. The number of likely N-dealkylation sites (tertiary alicyclic amines) is 1. The maximum atomic E-state index is 5.97. The van der Waals surface area contributed by atoms with Crippen molar-refractivity contribution >= 4 is 30.5 Å². The number of piperidine rings is 1. The van der Waals surface area contributed by atoms with Crippen molar-refractivity contribution in [1.29, 1.82) is 0 Å². The highest BCUT2D eigenvalue weighted by Gasteiger charge is 2.16. The number of benzene rings is 1. The van der Waals surface area contributed by atoms with Crippen LogP contribution in [-0.4, -0.2) is 38.6 Å². The normalized spacial score (nSPS) is 15.6. The fraction of sp³-hybridized carbons (Fsp3) is 0.333. The molecular weight excluding hydrogens is 357 g/mol. The minimum Gasteiger partial charge on any atom is -0.328 e. The molecule has 0 saturated carbocycles. The molecular formula is C18H23Cl2N5. The number of nitrogens with zero attached hydrogens (tertiary/aromatic N) is 4. The van der Waals surface area contributed by atoms with Crippen molar-refractivity contribution in [3.05, 3.63) is 54.5 Å². The zero-order valence-electron chi connectivity index (χ0n) is 13.9. The van der Waals surface area contributed by atoms with Gasteiger partial charge in [-0.15, -0.1) is 24.8 Å². The molecule has 1 saturated heterocycles. The van der Waals surface area contributed by atoms with Gasteiger partial charge in [-0.25, -0.2) is 9.50 Å². The summed E-state index contributed by atoms with van der Waals surface area (Å²) in [6.45, 7) is 3.04. The molecule has 0 amide bonds. The minimum atomic E-state index is 0. The fourth-order valence-electron chi connectivity index (χ4n) is 3.19. The third kappa shape index (κ3) is 4.30. The van der Waals surface area contributed by atoms with E-state index >= 15 is 0 Å². The van der Waals surface area contributed by atoms with Crippen LogP contribution in [0.1, 0.15) is 18.4 Å². The van der Waals surface area contributed by atoms with Crippen molar-refractivity contribution in [1.82, 2.24) is 19.5 Å². The molecule has 2 aromatic heterocycles. The summed E-state index contributed by atoms with van der Waals surface area (Å²) in [5, 5.41) is 4.48. The number of halogens is 2. The summed E-state index contributed by atoms with van der Waals surface area (Å²) in [6, 6.07) is 10.6. The Balaban J connectivity index is 0.00000113. The van der Waals surface area contributed by atoms with E-state index in [0.717, 1.165) is 49.2 Å². The molecule has 3 heterocycles. The molecule has 0 aliphatic carbocycles. The average Bonchev–Trinajstić information content (AvgIpc) is 3.01. The second-order valence-corrected chi connectivity index (χ2v) is 6.27. The van der Waals surface area contributed by atoms with E-state index in [2.05, 4.69) is 33.3 Å². The lowest BCUT2D eigenvalue weighted by atomic mass is 10.1. The summed E-state index contributed by atoms with van der Waals surface area (Å²) in [6.07, 6.45) is 8.11. The van der Waals surface area contributed by atoms with Crippen LogP contribution in [0.3, 0.4) is 0 Å². The van der Waals surface area contributed by atoms with Crippen LogP contribution in [0, 0.1) is 0 Å². The second-order valence-electron chi connectivity index (χ2n) is 6.27. The fourth-order valence-corrected chi connectivity index (χ4v) is 3.19. The topological polar surface area (TPSA) is 59.5 Å². The third-order valence-corrected chi connectivity index (χ3v) is 4.53. The van der Waals surface area contributed by atoms with Crippen molar-refractivity contribution in [3.8, 4) is 11.1 Å². The van der Waals surface area contributed by atoms with Crippen molar-refractivity contribution in [2.24, 2.45) is 5.73 Å². The second kappa shape index (κ2) is 8.63. The zero-order valence-corrected chi connectivity index (χ0v) is 15.5. The molecule has 0 bridgehead atoms.